The third-order valence-corrected chi connectivity index (χ3v) is 5.08. The third-order valence-electron chi connectivity index (χ3n) is 5.08. The molecule has 4 rings (SSSR count). The Bertz CT molecular complexity index is 981. The van der Waals surface area contributed by atoms with Crippen molar-refractivity contribution in [1.82, 2.24) is 19.9 Å². The maximum absolute atomic E-state index is 12.6. The van der Waals surface area contributed by atoms with Gasteiger partial charge in [-0.3, -0.25) is 14.7 Å². The van der Waals surface area contributed by atoms with Crippen LogP contribution in [0.25, 0.3) is 21.9 Å². The van der Waals surface area contributed by atoms with Crippen LogP contribution in [0.1, 0.15) is 18.4 Å². The highest BCUT2D eigenvalue weighted by atomic mass is 19.4. The second-order valence-corrected chi connectivity index (χ2v) is 6.86. The summed E-state index contributed by atoms with van der Waals surface area (Å²) in [5.74, 6) is -1.54. The van der Waals surface area contributed by atoms with Crippen LogP contribution in [0.3, 0.4) is 0 Å². The van der Waals surface area contributed by atoms with E-state index in [0.29, 0.717) is 13.1 Å². The first-order chi connectivity index (χ1) is 12.3. The molecule has 0 amide bonds. The van der Waals surface area contributed by atoms with Crippen LogP contribution in [0.15, 0.2) is 30.7 Å². The fraction of sp³-hybridized carbons (Fsp3) is 0.389. The Labute approximate surface area is 147 Å². The van der Waals surface area contributed by atoms with E-state index in [2.05, 4.69) is 15.0 Å². The summed E-state index contributed by atoms with van der Waals surface area (Å²) < 4.78 is 37.7. The maximum atomic E-state index is 12.6. The number of nitrogens with one attached hydrogen (secondary N) is 1. The molecular formula is C18H17F3N4O. The summed E-state index contributed by atoms with van der Waals surface area (Å²) in [6.07, 6.45) is 0.490. The van der Waals surface area contributed by atoms with Crippen molar-refractivity contribution in [2.45, 2.75) is 19.0 Å². The van der Waals surface area contributed by atoms with E-state index in [4.69, 9.17) is 0 Å². The van der Waals surface area contributed by atoms with E-state index in [1.807, 2.05) is 25.3 Å². The summed E-state index contributed by atoms with van der Waals surface area (Å²) in [7, 11) is 0. The molecule has 0 aromatic carbocycles. The lowest BCUT2D eigenvalue weighted by molar-refractivity contribution is -0.171. The van der Waals surface area contributed by atoms with Crippen molar-refractivity contribution < 1.29 is 18.0 Å². The van der Waals surface area contributed by atoms with Gasteiger partial charge in [0.05, 0.1) is 18.3 Å². The predicted molar refractivity (Wildman–Crippen MR) is 90.8 cm³/mol. The van der Waals surface area contributed by atoms with Crippen molar-refractivity contribution in [3.05, 3.63) is 36.3 Å². The number of carbonyl (C=O) groups excluding carboxylic acids is 1. The quantitative estimate of drug-likeness (QED) is 0.777. The largest absolute Gasteiger partial charge is 0.451 e. The van der Waals surface area contributed by atoms with E-state index in [1.54, 1.807) is 17.3 Å². The molecule has 4 heterocycles. The van der Waals surface area contributed by atoms with E-state index in [-0.39, 0.29) is 11.8 Å². The highest BCUT2D eigenvalue weighted by Gasteiger charge is 2.41. The van der Waals surface area contributed by atoms with E-state index < -0.39 is 18.5 Å². The number of pyridine rings is 2. The van der Waals surface area contributed by atoms with Crippen molar-refractivity contribution in [1.29, 1.82) is 0 Å². The Balaban J connectivity index is 1.68. The molecule has 136 valence electrons. The fourth-order valence-electron chi connectivity index (χ4n) is 3.86. The number of nitrogens with zero attached hydrogens (tertiary/aromatic N) is 3. The minimum atomic E-state index is -4.78. The number of aromatic nitrogens is 3. The second kappa shape index (κ2) is 6.05. The summed E-state index contributed by atoms with van der Waals surface area (Å²) in [5.41, 5.74) is 2.52. The summed E-state index contributed by atoms with van der Waals surface area (Å²) in [6, 6.07) is 3.82. The van der Waals surface area contributed by atoms with E-state index >= 15 is 0 Å². The molecule has 3 aromatic rings. The van der Waals surface area contributed by atoms with Crippen LogP contribution >= 0.6 is 0 Å². The van der Waals surface area contributed by atoms with Gasteiger partial charge >= 0.3 is 6.18 Å². The average Bonchev–Trinajstić information content (AvgIpc) is 3.17. The lowest BCUT2D eigenvalue weighted by Gasteiger charge is -2.16. The van der Waals surface area contributed by atoms with Crippen LogP contribution in [-0.4, -0.2) is 51.4 Å². The van der Waals surface area contributed by atoms with Gasteiger partial charge in [-0.05, 0) is 17.5 Å². The van der Waals surface area contributed by atoms with Gasteiger partial charge in [0.1, 0.15) is 5.65 Å². The number of halogens is 3. The van der Waals surface area contributed by atoms with Crippen LogP contribution in [0, 0.1) is 5.92 Å². The Morgan fingerprint density at radius 1 is 1.35 bits per heavy atom. The molecule has 3 aromatic heterocycles. The smallest absolute Gasteiger partial charge is 0.346 e. The molecule has 1 fully saturated rings. The summed E-state index contributed by atoms with van der Waals surface area (Å²) in [5, 5.41) is 1.92. The van der Waals surface area contributed by atoms with Gasteiger partial charge in [-0.2, -0.15) is 13.2 Å². The maximum Gasteiger partial charge on any atom is 0.451 e. The highest BCUT2D eigenvalue weighted by molar-refractivity contribution is 6.05. The number of ketones is 1. The number of fused-ring (bicyclic) bond motifs is 3. The first-order valence-electron chi connectivity index (χ1n) is 8.37. The summed E-state index contributed by atoms with van der Waals surface area (Å²) >= 11 is 0. The molecule has 0 bridgehead atoms. The van der Waals surface area contributed by atoms with Crippen LogP contribution in [0.4, 0.5) is 13.2 Å². The SMILES string of the molecule is CC1CN(CC(=O)C(F)(F)F)CC1c1c[nH]c2ncc3ncccc3c12. The number of rotatable bonds is 3. The normalized spacial score (nSPS) is 21.7. The Morgan fingerprint density at radius 3 is 2.92 bits per heavy atom. The minimum absolute atomic E-state index is 0.0254. The molecule has 0 radical (unpaired) electrons. The molecule has 1 saturated heterocycles. The lowest BCUT2D eigenvalue weighted by Crippen LogP contribution is -2.36. The molecule has 8 heteroatoms. The second-order valence-electron chi connectivity index (χ2n) is 6.86. The molecule has 0 aliphatic carbocycles. The number of H-pyrrole nitrogens is 1. The molecule has 0 spiro atoms. The highest BCUT2D eigenvalue weighted by Crippen LogP contribution is 2.38. The van der Waals surface area contributed by atoms with Gasteiger partial charge in [0.25, 0.3) is 0 Å². The van der Waals surface area contributed by atoms with Gasteiger partial charge in [0, 0.05) is 42.2 Å². The van der Waals surface area contributed by atoms with E-state index in [9.17, 15) is 18.0 Å². The zero-order chi connectivity index (χ0) is 18.5. The average molecular weight is 362 g/mol. The van der Waals surface area contributed by atoms with Crippen LogP contribution in [0.5, 0.6) is 0 Å². The topological polar surface area (TPSA) is 61.9 Å². The number of Topliss-reactive ketones (excluding diaryl/α,β-unsaturated/α-hetero) is 1. The van der Waals surface area contributed by atoms with Crippen LogP contribution < -0.4 is 0 Å². The van der Waals surface area contributed by atoms with Crippen LogP contribution in [-0.2, 0) is 4.79 Å². The predicted octanol–water partition coefficient (Wildman–Crippen LogP) is 3.28. The molecule has 1 aliphatic heterocycles. The zero-order valence-electron chi connectivity index (χ0n) is 14.0. The Kier molecular flexibility index (Phi) is 3.95. The van der Waals surface area contributed by atoms with Gasteiger partial charge in [0.15, 0.2) is 0 Å². The lowest BCUT2D eigenvalue weighted by atomic mass is 9.89. The monoisotopic (exact) mass is 362 g/mol. The fourth-order valence-corrected chi connectivity index (χ4v) is 3.86. The van der Waals surface area contributed by atoms with Gasteiger partial charge in [-0.1, -0.05) is 13.0 Å². The number of hydrogen-bond acceptors (Lipinski definition) is 4. The molecular weight excluding hydrogens is 345 g/mol. The number of likely N-dealkylation sites (tertiary alicyclic amines) is 1. The molecule has 0 saturated carbocycles. The van der Waals surface area contributed by atoms with Crippen molar-refractivity contribution in [3.8, 4) is 0 Å². The summed E-state index contributed by atoms with van der Waals surface area (Å²) in [6.45, 7) is 2.27. The number of alkyl halides is 3. The molecule has 26 heavy (non-hydrogen) atoms. The molecule has 2 unspecified atom stereocenters. The van der Waals surface area contributed by atoms with Crippen molar-refractivity contribution in [3.63, 3.8) is 0 Å². The van der Waals surface area contributed by atoms with Crippen LogP contribution in [0.2, 0.25) is 0 Å². The molecule has 2 atom stereocenters. The van der Waals surface area contributed by atoms with Crippen molar-refractivity contribution in [2.75, 3.05) is 19.6 Å². The Morgan fingerprint density at radius 2 is 2.15 bits per heavy atom. The standard InChI is InChI=1S/C18H17F3N4O/c1-10-7-25(9-15(26)18(19,20)21)8-13(10)12-5-23-17-16(12)11-3-2-4-22-14(11)6-24-17/h2-6,10,13H,7-9H2,1H3,(H,23,24). The minimum Gasteiger partial charge on any atom is -0.346 e. The van der Waals surface area contributed by atoms with E-state index in [1.165, 1.54) is 0 Å². The van der Waals surface area contributed by atoms with Gasteiger partial charge in [-0.15, -0.1) is 0 Å². The number of hydrogen-bond donors (Lipinski definition) is 1. The molecule has 5 nitrogen and oxygen atoms in total. The van der Waals surface area contributed by atoms with Gasteiger partial charge in [0.2, 0.25) is 5.78 Å². The van der Waals surface area contributed by atoms with Crippen molar-refractivity contribution in [2.24, 2.45) is 5.92 Å². The number of aromatic amines is 1. The zero-order valence-corrected chi connectivity index (χ0v) is 14.0. The third kappa shape index (κ3) is 2.84. The van der Waals surface area contributed by atoms with Gasteiger partial charge < -0.3 is 4.98 Å². The number of carbonyl (C=O) groups is 1. The summed E-state index contributed by atoms with van der Waals surface area (Å²) in [4.78, 5) is 24.8. The Hall–Kier alpha value is -2.48. The van der Waals surface area contributed by atoms with E-state index in [0.717, 1.165) is 27.5 Å². The molecule has 1 aliphatic rings. The first-order valence-corrected chi connectivity index (χ1v) is 8.37. The molecule has 1 N–H and O–H groups in total. The van der Waals surface area contributed by atoms with Gasteiger partial charge in [-0.25, -0.2) is 4.98 Å². The van der Waals surface area contributed by atoms with Crippen molar-refractivity contribution >= 4 is 27.7 Å². The first kappa shape index (κ1) is 17.0.